The summed E-state index contributed by atoms with van der Waals surface area (Å²) in [7, 11) is 1.64. The number of nitrogens with zero attached hydrogens (tertiary/aromatic N) is 3. The molecule has 0 bridgehead atoms. The van der Waals surface area contributed by atoms with E-state index in [2.05, 4.69) is 26.7 Å². The first-order valence-electron chi connectivity index (χ1n) is 11.5. The third-order valence-corrected chi connectivity index (χ3v) is 6.55. The minimum Gasteiger partial charge on any atom is -0.497 e. The Labute approximate surface area is 195 Å². The van der Waals surface area contributed by atoms with Gasteiger partial charge in [-0.15, -0.1) is 0 Å². The van der Waals surface area contributed by atoms with Crippen LogP contribution < -0.4 is 4.74 Å². The van der Waals surface area contributed by atoms with E-state index in [1.54, 1.807) is 19.5 Å². The summed E-state index contributed by atoms with van der Waals surface area (Å²) in [6.07, 6.45) is 5.42. The fourth-order valence-corrected chi connectivity index (χ4v) is 4.66. The molecule has 0 saturated carbocycles. The van der Waals surface area contributed by atoms with E-state index in [-0.39, 0.29) is 12.5 Å². The number of methoxy groups -OCH3 is 1. The lowest BCUT2D eigenvalue weighted by Gasteiger charge is -2.37. The largest absolute Gasteiger partial charge is 0.497 e. The van der Waals surface area contributed by atoms with Gasteiger partial charge in [-0.2, -0.15) is 0 Å². The fraction of sp³-hybridized carbons (Fsp3) is 0.407. The van der Waals surface area contributed by atoms with Gasteiger partial charge < -0.3 is 14.9 Å². The van der Waals surface area contributed by atoms with Crippen molar-refractivity contribution in [1.82, 2.24) is 14.9 Å². The summed E-state index contributed by atoms with van der Waals surface area (Å²) >= 11 is 0. The number of fused-ring (bicyclic) bond motifs is 1. The van der Waals surface area contributed by atoms with Gasteiger partial charge in [0.2, 0.25) is 0 Å². The minimum atomic E-state index is -0.579. The van der Waals surface area contributed by atoms with Crippen LogP contribution >= 0.6 is 0 Å². The maximum absolute atomic E-state index is 11.0. The summed E-state index contributed by atoms with van der Waals surface area (Å²) in [5, 5.41) is 21.9. The Morgan fingerprint density at radius 2 is 2.06 bits per heavy atom. The van der Waals surface area contributed by atoms with Gasteiger partial charge in [0, 0.05) is 30.9 Å². The standard InChI is InChI=1S/C27H31N3O3/c1-33-23-8-9-26-25(17-23)24(11-14-29-26)27(32)10-7-20-12-16-30(18-21(20)19-31)15-4-6-22-5-2-3-13-28-22/h2-3,5,8-9,11,13-14,17,20-21,27,31-32H,7,10,12,15-16,18-19H2,1H3/t20-,21-,27?/m1/s1. The third kappa shape index (κ3) is 5.88. The number of rotatable bonds is 7. The highest BCUT2D eigenvalue weighted by molar-refractivity contribution is 5.83. The Morgan fingerprint density at radius 3 is 2.85 bits per heavy atom. The molecule has 0 spiro atoms. The van der Waals surface area contributed by atoms with Crippen molar-refractivity contribution in [3.8, 4) is 17.6 Å². The van der Waals surface area contributed by atoms with E-state index >= 15 is 0 Å². The zero-order valence-corrected chi connectivity index (χ0v) is 19.0. The third-order valence-electron chi connectivity index (χ3n) is 6.55. The van der Waals surface area contributed by atoms with Crippen molar-refractivity contribution in [3.63, 3.8) is 0 Å². The molecule has 3 heterocycles. The molecular weight excluding hydrogens is 414 g/mol. The number of aliphatic hydroxyl groups excluding tert-OH is 2. The molecular formula is C27H31N3O3. The summed E-state index contributed by atoms with van der Waals surface area (Å²) in [4.78, 5) is 10.9. The molecule has 2 N–H and O–H groups in total. The highest BCUT2D eigenvalue weighted by Gasteiger charge is 2.29. The van der Waals surface area contributed by atoms with E-state index in [0.29, 0.717) is 18.9 Å². The van der Waals surface area contributed by atoms with Gasteiger partial charge in [0.05, 0.1) is 25.3 Å². The van der Waals surface area contributed by atoms with Crippen LogP contribution in [0.25, 0.3) is 10.9 Å². The molecule has 1 saturated heterocycles. The molecule has 1 aliphatic rings. The molecule has 0 amide bonds. The summed E-state index contributed by atoms with van der Waals surface area (Å²) in [5.74, 6) is 7.64. The lowest BCUT2D eigenvalue weighted by molar-refractivity contribution is 0.0640. The predicted octanol–water partition coefficient (Wildman–Crippen LogP) is 3.43. The number of ether oxygens (including phenoxy) is 1. The first-order valence-corrected chi connectivity index (χ1v) is 11.5. The molecule has 2 aromatic heterocycles. The van der Waals surface area contributed by atoms with E-state index in [9.17, 15) is 10.2 Å². The Hall–Kier alpha value is -2.98. The monoisotopic (exact) mass is 445 g/mol. The zero-order chi connectivity index (χ0) is 23.0. The van der Waals surface area contributed by atoms with Crippen molar-refractivity contribution < 1.29 is 14.9 Å². The van der Waals surface area contributed by atoms with Crippen LogP contribution in [0.1, 0.15) is 36.6 Å². The molecule has 172 valence electrons. The molecule has 1 aliphatic heterocycles. The van der Waals surface area contributed by atoms with Gasteiger partial charge in [-0.3, -0.25) is 9.88 Å². The molecule has 1 unspecified atom stereocenters. The highest BCUT2D eigenvalue weighted by atomic mass is 16.5. The van der Waals surface area contributed by atoms with Gasteiger partial charge in [0.15, 0.2) is 0 Å². The van der Waals surface area contributed by atoms with E-state index in [0.717, 1.165) is 53.8 Å². The van der Waals surface area contributed by atoms with E-state index in [1.807, 2.05) is 42.5 Å². The van der Waals surface area contributed by atoms with Gasteiger partial charge in [0.25, 0.3) is 0 Å². The van der Waals surface area contributed by atoms with E-state index < -0.39 is 6.10 Å². The Bertz CT molecular complexity index is 1110. The number of aromatic nitrogens is 2. The quantitative estimate of drug-likeness (QED) is 0.543. The van der Waals surface area contributed by atoms with Crippen LogP contribution in [0, 0.1) is 23.7 Å². The van der Waals surface area contributed by atoms with Crippen molar-refractivity contribution in [2.45, 2.75) is 25.4 Å². The normalized spacial score (nSPS) is 19.6. The smallest absolute Gasteiger partial charge is 0.119 e. The fourth-order valence-electron chi connectivity index (χ4n) is 4.66. The van der Waals surface area contributed by atoms with Crippen LogP contribution in [-0.4, -0.2) is 58.4 Å². The van der Waals surface area contributed by atoms with Crippen molar-refractivity contribution in [1.29, 1.82) is 0 Å². The molecule has 1 aromatic carbocycles. The van der Waals surface area contributed by atoms with Crippen LogP contribution in [0.3, 0.4) is 0 Å². The Morgan fingerprint density at radius 1 is 1.15 bits per heavy atom. The van der Waals surface area contributed by atoms with Gasteiger partial charge in [0.1, 0.15) is 11.4 Å². The van der Waals surface area contributed by atoms with Crippen molar-refractivity contribution >= 4 is 10.9 Å². The number of likely N-dealkylation sites (tertiary alicyclic amines) is 1. The SMILES string of the molecule is COc1ccc2nccc(C(O)CC[C@@H]3CCN(CC#Cc4ccccn4)C[C@@H]3CO)c2c1. The van der Waals surface area contributed by atoms with Crippen LogP contribution in [-0.2, 0) is 0 Å². The first kappa shape index (κ1) is 23.2. The highest BCUT2D eigenvalue weighted by Crippen LogP contribution is 2.33. The van der Waals surface area contributed by atoms with E-state index in [4.69, 9.17) is 4.74 Å². The van der Waals surface area contributed by atoms with Gasteiger partial charge >= 0.3 is 0 Å². The second kappa shape index (κ2) is 11.2. The second-order valence-electron chi connectivity index (χ2n) is 8.62. The maximum atomic E-state index is 11.0. The molecule has 3 atom stereocenters. The molecule has 6 nitrogen and oxygen atoms in total. The van der Waals surface area contributed by atoms with Crippen molar-refractivity contribution in [3.05, 3.63) is 66.1 Å². The zero-order valence-electron chi connectivity index (χ0n) is 19.0. The molecule has 33 heavy (non-hydrogen) atoms. The summed E-state index contributed by atoms with van der Waals surface area (Å²) in [5.41, 5.74) is 2.50. The van der Waals surface area contributed by atoms with Gasteiger partial charge in [-0.05, 0) is 85.5 Å². The van der Waals surface area contributed by atoms with Crippen molar-refractivity contribution in [2.75, 3.05) is 33.4 Å². The Kier molecular flexibility index (Phi) is 7.90. The molecule has 1 fully saturated rings. The van der Waals surface area contributed by atoms with Crippen molar-refractivity contribution in [2.24, 2.45) is 11.8 Å². The summed E-state index contributed by atoms with van der Waals surface area (Å²) in [6.45, 7) is 2.60. The maximum Gasteiger partial charge on any atom is 0.119 e. The molecule has 6 heteroatoms. The molecule has 0 radical (unpaired) electrons. The van der Waals surface area contributed by atoms with Crippen LogP contribution in [0.2, 0.25) is 0 Å². The lowest BCUT2D eigenvalue weighted by atomic mass is 9.81. The number of hydrogen-bond acceptors (Lipinski definition) is 6. The topological polar surface area (TPSA) is 78.7 Å². The predicted molar refractivity (Wildman–Crippen MR) is 129 cm³/mol. The van der Waals surface area contributed by atoms with Gasteiger partial charge in [-0.25, -0.2) is 4.98 Å². The van der Waals surface area contributed by atoms with E-state index in [1.165, 1.54) is 0 Å². The molecule has 0 aliphatic carbocycles. The first-order chi connectivity index (χ1) is 16.2. The number of benzene rings is 1. The Balaban J connectivity index is 1.34. The average Bonchev–Trinajstić information content (AvgIpc) is 2.87. The lowest BCUT2D eigenvalue weighted by Crippen LogP contribution is -2.42. The number of piperidine rings is 1. The second-order valence-corrected chi connectivity index (χ2v) is 8.62. The summed E-state index contributed by atoms with van der Waals surface area (Å²) in [6, 6.07) is 13.3. The minimum absolute atomic E-state index is 0.153. The number of aliphatic hydroxyl groups is 2. The average molecular weight is 446 g/mol. The van der Waals surface area contributed by atoms with Crippen LogP contribution in [0.4, 0.5) is 0 Å². The molecule has 3 aromatic rings. The van der Waals surface area contributed by atoms with Gasteiger partial charge in [-0.1, -0.05) is 12.0 Å². The summed E-state index contributed by atoms with van der Waals surface area (Å²) < 4.78 is 5.35. The number of pyridine rings is 2. The molecule has 4 rings (SSSR count). The van der Waals surface area contributed by atoms with Crippen LogP contribution in [0.5, 0.6) is 5.75 Å². The van der Waals surface area contributed by atoms with Crippen LogP contribution in [0.15, 0.2) is 54.9 Å². The number of hydrogen-bond donors (Lipinski definition) is 2.